The van der Waals surface area contributed by atoms with Gasteiger partial charge in [0, 0.05) is 32.3 Å². The number of carbonyl (C=O) groups excluding carboxylic acids is 1. The summed E-state index contributed by atoms with van der Waals surface area (Å²) in [6, 6.07) is 4.43. The number of hydrogen-bond donors (Lipinski definition) is 1. The number of rotatable bonds is 4. The summed E-state index contributed by atoms with van der Waals surface area (Å²) >= 11 is 0. The normalized spacial score (nSPS) is 16.6. The Morgan fingerprint density at radius 3 is 3.17 bits per heavy atom. The van der Waals surface area contributed by atoms with Crippen molar-refractivity contribution in [3.8, 4) is 5.75 Å². The summed E-state index contributed by atoms with van der Waals surface area (Å²) in [5.74, 6) is -0.456. The maximum absolute atomic E-state index is 13.8. The van der Waals surface area contributed by atoms with E-state index in [4.69, 9.17) is 9.47 Å². The third-order valence-corrected chi connectivity index (χ3v) is 3.76. The Morgan fingerprint density at radius 1 is 1.57 bits per heavy atom. The second kappa shape index (κ2) is 6.37. The third-order valence-electron chi connectivity index (χ3n) is 3.76. The van der Waals surface area contributed by atoms with Crippen LogP contribution in [-0.2, 0) is 18.4 Å². The van der Waals surface area contributed by atoms with E-state index >= 15 is 0 Å². The van der Waals surface area contributed by atoms with E-state index in [0.29, 0.717) is 29.8 Å². The molecule has 0 saturated heterocycles. The van der Waals surface area contributed by atoms with E-state index < -0.39 is 5.82 Å². The van der Waals surface area contributed by atoms with Crippen LogP contribution in [0.2, 0.25) is 0 Å². The van der Waals surface area contributed by atoms with E-state index in [9.17, 15) is 9.18 Å². The fourth-order valence-corrected chi connectivity index (χ4v) is 2.74. The molecule has 0 saturated carbocycles. The standard InChI is InChI=1S/C16H18FN3O3/c1-20-8-11(14(19-20)9-22-2)16(21)18-13-6-7-23-15-10(13)4-3-5-12(15)17/h3-5,8,13H,6-7,9H2,1-2H3,(H,18,21)/t13-/m0/s1. The van der Waals surface area contributed by atoms with Crippen LogP contribution in [0.3, 0.4) is 0 Å². The summed E-state index contributed by atoms with van der Waals surface area (Å²) in [7, 11) is 3.29. The number of nitrogens with one attached hydrogen (secondary N) is 1. The number of aromatic nitrogens is 2. The summed E-state index contributed by atoms with van der Waals surface area (Å²) in [4.78, 5) is 12.6. The van der Waals surface area contributed by atoms with Gasteiger partial charge in [-0.2, -0.15) is 5.10 Å². The second-order valence-corrected chi connectivity index (χ2v) is 5.42. The summed E-state index contributed by atoms with van der Waals surface area (Å²) in [5.41, 5.74) is 1.68. The molecule has 0 fully saturated rings. The topological polar surface area (TPSA) is 65.4 Å². The summed E-state index contributed by atoms with van der Waals surface area (Å²) in [6.45, 7) is 0.611. The predicted molar refractivity (Wildman–Crippen MR) is 80.6 cm³/mol. The molecule has 1 atom stereocenters. The molecule has 2 aromatic rings. The van der Waals surface area contributed by atoms with Gasteiger partial charge < -0.3 is 14.8 Å². The van der Waals surface area contributed by atoms with Crippen molar-refractivity contribution in [3.63, 3.8) is 0 Å². The molecule has 0 aliphatic carbocycles. The van der Waals surface area contributed by atoms with Gasteiger partial charge in [0.1, 0.15) is 5.69 Å². The van der Waals surface area contributed by atoms with Crippen LogP contribution in [0.15, 0.2) is 24.4 Å². The van der Waals surface area contributed by atoms with Crippen LogP contribution in [-0.4, -0.2) is 29.4 Å². The number of carbonyl (C=O) groups is 1. The Bertz CT molecular complexity index is 729. The van der Waals surface area contributed by atoms with Crippen molar-refractivity contribution in [2.45, 2.75) is 19.1 Å². The van der Waals surface area contributed by atoms with Gasteiger partial charge in [0.25, 0.3) is 5.91 Å². The van der Waals surface area contributed by atoms with Gasteiger partial charge in [0.15, 0.2) is 11.6 Å². The van der Waals surface area contributed by atoms with Crippen molar-refractivity contribution in [3.05, 3.63) is 47.0 Å². The molecule has 2 heterocycles. The van der Waals surface area contributed by atoms with E-state index in [-0.39, 0.29) is 24.3 Å². The highest BCUT2D eigenvalue weighted by Gasteiger charge is 2.27. The Morgan fingerprint density at radius 2 is 2.39 bits per heavy atom. The SMILES string of the molecule is COCc1nn(C)cc1C(=O)N[C@H]1CCOc2c(F)cccc21. The number of ether oxygens (including phenoxy) is 2. The Balaban J connectivity index is 1.84. The number of aryl methyl sites for hydroxylation is 1. The molecular weight excluding hydrogens is 301 g/mol. The van der Waals surface area contributed by atoms with Crippen LogP contribution in [0.4, 0.5) is 4.39 Å². The number of fused-ring (bicyclic) bond motifs is 1. The Labute approximate surface area is 133 Å². The lowest BCUT2D eigenvalue weighted by Gasteiger charge is -2.26. The lowest BCUT2D eigenvalue weighted by atomic mass is 10.00. The number of amides is 1. The first kappa shape index (κ1) is 15.5. The third kappa shape index (κ3) is 3.05. The molecule has 1 aliphatic heterocycles. The van der Waals surface area contributed by atoms with Crippen LogP contribution in [0.25, 0.3) is 0 Å². The molecule has 0 unspecified atom stereocenters. The summed E-state index contributed by atoms with van der Waals surface area (Å²) < 4.78 is 25.8. The quantitative estimate of drug-likeness (QED) is 0.935. The van der Waals surface area contributed by atoms with Gasteiger partial charge in [-0.05, 0) is 6.07 Å². The molecule has 1 aromatic carbocycles. The van der Waals surface area contributed by atoms with Gasteiger partial charge in [0.05, 0.1) is 24.8 Å². The van der Waals surface area contributed by atoms with E-state index in [1.165, 1.54) is 6.07 Å². The van der Waals surface area contributed by atoms with Crippen molar-refractivity contribution in [2.75, 3.05) is 13.7 Å². The molecule has 1 aliphatic rings. The van der Waals surface area contributed by atoms with E-state index in [0.717, 1.165) is 0 Å². The van der Waals surface area contributed by atoms with Gasteiger partial charge in [-0.3, -0.25) is 9.48 Å². The van der Waals surface area contributed by atoms with Gasteiger partial charge in [-0.1, -0.05) is 12.1 Å². The highest BCUT2D eigenvalue weighted by atomic mass is 19.1. The largest absolute Gasteiger partial charge is 0.490 e. The lowest BCUT2D eigenvalue weighted by molar-refractivity contribution is 0.0918. The molecule has 7 heteroatoms. The molecule has 23 heavy (non-hydrogen) atoms. The minimum Gasteiger partial charge on any atom is -0.490 e. The Hall–Kier alpha value is -2.41. The summed E-state index contributed by atoms with van der Waals surface area (Å²) in [5, 5.41) is 7.16. The van der Waals surface area contributed by atoms with Crippen molar-refractivity contribution in [2.24, 2.45) is 7.05 Å². The average Bonchev–Trinajstić information content (AvgIpc) is 2.89. The Kier molecular flexibility index (Phi) is 4.29. The fourth-order valence-electron chi connectivity index (χ4n) is 2.74. The molecule has 1 aromatic heterocycles. The van der Waals surface area contributed by atoms with Gasteiger partial charge in [0.2, 0.25) is 0 Å². The maximum Gasteiger partial charge on any atom is 0.255 e. The zero-order chi connectivity index (χ0) is 16.4. The first-order valence-electron chi connectivity index (χ1n) is 7.33. The van der Waals surface area contributed by atoms with Crippen LogP contribution in [0, 0.1) is 5.82 Å². The highest BCUT2D eigenvalue weighted by molar-refractivity contribution is 5.95. The van der Waals surface area contributed by atoms with Gasteiger partial charge in [-0.25, -0.2) is 4.39 Å². The number of para-hydroxylation sites is 1. The van der Waals surface area contributed by atoms with Crippen LogP contribution in [0.5, 0.6) is 5.75 Å². The van der Waals surface area contributed by atoms with Crippen LogP contribution >= 0.6 is 0 Å². The van der Waals surface area contributed by atoms with E-state index in [2.05, 4.69) is 10.4 Å². The monoisotopic (exact) mass is 319 g/mol. The zero-order valence-corrected chi connectivity index (χ0v) is 13.0. The first-order valence-corrected chi connectivity index (χ1v) is 7.33. The molecule has 1 amide bonds. The average molecular weight is 319 g/mol. The number of methoxy groups -OCH3 is 1. The first-order chi connectivity index (χ1) is 11.1. The minimum absolute atomic E-state index is 0.215. The van der Waals surface area contributed by atoms with Crippen molar-refractivity contribution in [1.29, 1.82) is 0 Å². The molecular formula is C16H18FN3O3. The molecule has 0 radical (unpaired) electrons. The van der Waals surface area contributed by atoms with Gasteiger partial charge >= 0.3 is 0 Å². The van der Waals surface area contributed by atoms with Crippen LogP contribution in [0.1, 0.15) is 34.1 Å². The number of benzene rings is 1. The summed E-state index contributed by atoms with van der Waals surface area (Å²) in [6.07, 6.45) is 2.23. The predicted octanol–water partition coefficient (Wildman–Crippen LogP) is 1.96. The zero-order valence-electron chi connectivity index (χ0n) is 13.0. The molecule has 6 nitrogen and oxygen atoms in total. The molecule has 0 bridgehead atoms. The van der Waals surface area contributed by atoms with Crippen molar-refractivity contribution in [1.82, 2.24) is 15.1 Å². The van der Waals surface area contributed by atoms with E-state index in [1.807, 2.05) is 0 Å². The molecule has 122 valence electrons. The minimum atomic E-state index is -0.414. The van der Waals surface area contributed by atoms with Crippen LogP contribution < -0.4 is 10.1 Å². The van der Waals surface area contributed by atoms with E-state index in [1.54, 1.807) is 37.2 Å². The van der Waals surface area contributed by atoms with Gasteiger partial charge in [-0.15, -0.1) is 0 Å². The lowest BCUT2D eigenvalue weighted by Crippen LogP contribution is -2.32. The number of nitrogens with zero attached hydrogens (tertiary/aromatic N) is 2. The van der Waals surface area contributed by atoms with Crippen molar-refractivity contribution < 1.29 is 18.7 Å². The molecule has 0 spiro atoms. The number of hydrogen-bond acceptors (Lipinski definition) is 4. The maximum atomic E-state index is 13.8. The fraction of sp³-hybridized carbons (Fsp3) is 0.375. The molecule has 3 rings (SSSR count). The van der Waals surface area contributed by atoms with Crippen molar-refractivity contribution >= 4 is 5.91 Å². The smallest absolute Gasteiger partial charge is 0.255 e. The highest BCUT2D eigenvalue weighted by Crippen LogP contribution is 2.34. The number of halogens is 1. The second-order valence-electron chi connectivity index (χ2n) is 5.42. The molecule has 1 N–H and O–H groups in total.